The molecular weight excluding hydrogens is 144 g/mol. The van der Waals surface area contributed by atoms with Crippen molar-refractivity contribution in [3.8, 4) is 0 Å². The van der Waals surface area contributed by atoms with E-state index in [4.69, 9.17) is 4.74 Å². The van der Waals surface area contributed by atoms with Gasteiger partial charge < -0.3 is 4.74 Å². The van der Waals surface area contributed by atoms with Crippen molar-refractivity contribution < 1.29 is 8.95 Å². The van der Waals surface area contributed by atoms with E-state index < -0.39 is 10.8 Å². The summed E-state index contributed by atoms with van der Waals surface area (Å²) in [6, 6.07) is 0. The molecule has 0 saturated carbocycles. The van der Waals surface area contributed by atoms with E-state index >= 15 is 0 Å². The minimum absolute atomic E-state index is 0.218. The van der Waals surface area contributed by atoms with Crippen LogP contribution in [0.25, 0.3) is 0 Å². The first kappa shape index (κ1) is 8.04. The molecule has 0 aromatic heterocycles. The van der Waals surface area contributed by atoms with Gasteiger partial charge in [-0.3, -0.25) is 4.21 Å². The fraction of sp³-hybridized carbons (Fsp3) is 0.750. The van der Waals surface area contributed by atoms with Gasteiger partial charge in [-0.05, 0) is 12.2 Å². The number of ether oxygens (including phenoxy) is 1. The maximum atomic E-state index is 10.3. The molecule has 0 aromatic carbocycles. The molecule has 0 bridgehead atoms. The Morgan fingerprint density at radius 1 is 1.88 bits per heavy atom. The monoisotopic (exact) mass is 152 g/mol. The molecule has 0 amide bonds. The molecule has 0 spiro atoms. The highest BCUT2D eigenvalue weighted by molar-refractivity contribution is 7.84. The zero-order chi connectivity index (χ0) is 6.57. The van der Waals surface area contributed by atoms with Gasteiger partial charge in [-0.25, -0.2) is 0 Å². The standard InChI is InChI=1S/C4H8O2S2/c1-4(7)6-3-8(2)5/h3H2,1-2H3. The maximum absolute atomic E-state index is 10.3. The molecule has 4 heteroatoms. The Balaban J connectivity index is 3.18. The molecule has 0 aliphatic heterocycles. The van der Waals surface area contributed by atoms with E-state index in [0.717, 1.165) is 0 Å². The van der Waals surface area contributed by atoms with Gasteiger partial charge in [0.2, 0.25) is 0 Å². The van der Waals surface area contributed by atoms with Crippen molar-refractivity contribution in [2.45, 2.75) is 6.92 Å². The molecule has 0 heterocycles. The lowest BCUT2D eigenvalue weighted by atomic mass is 10.9. The fourth-order valence-corrected chi connectivity index (χ4v) is 0.642. The number of rotatable bonds is 2. The zero-order valence-corrected chi connectivity index (χ0v) is 6.47. The van der Waals surface area contributed by atoms with Crippen molar-refractivity contribution in [1.82, 2.24) is 0 Å². The van der Waals surface area contributed by atoms with Crippen LogP contribution in [0.15, 0.2) is 0 Å². The van der Waals surface area contributed by atoms with Crippen LogP contribution in [0.1, 0.15) is 6.92 Å². The summed E-state index contributed by atoms with van der Waals surface area (Å²) in [5.41, 5.74) is 0. The van der Waals surface area contributed by atoms with Crippen LogP contribution in [0.5, 0.6) is 0 Å². The molecule has 0 rings (SSSR count). The Kier molecular flexibility index (Phi) is 3.99. The van der Waals surface area contributed by atoms with Gasteiger partial charge in [0.15, 0.2) is 11.0 Å². The first-order valence-electron chi connectivity index (χ1n) is 2.06. The lowest BCUT2D eigenvalue weighted by Gasteiger charge is -1.97. The SMILES string of the molecule is CC(=S)OCS(C)=O. The summed E-state index contributed by atoms with van der Waals surface area (Å²) in [5, 5.41) is 0.445. The Morgan fingerprint density at radius 2 is 2.38 bits per heavy atom. The summed E-state index contributed by atoms with van der Waals surface area (Å²) in [7, 11) is -0.896. The van der Waals surface area contributed by atoms with E-state index in [1.165, 1.54) is 0 Å². The average molecular weight is 152 g/mol. The molecule has 1 atom stereocenters. The van der Waals surface area contributed by atoms with E-state index in [9.17, 15) is 4.21 Å². The van der Waals surface area contributed by atoms with Crippen LogP contribution in [-0.4, -0.2) is 21.5 Å². The maximum Gasteiger partial charge on any atom is 0.163 e. The van der Waals surface area contributed by atoms with E-state index in [1.807, 2.05) is 0 Å². The summed E-state index contributed by atoms with van der Waals surface area (Å²) < 4.78 is 15.0. The summed E-state index contributed by atoms with van der Waals surface area (Å²) in [5.74, 6) is 0.218. The fourth-order valence-electron chi connectivity index (χ4n) is 0.166. The second kappa shape index (κ2) is 3.97. The summed E-state index contributed by atoms with van der Waals surface area (Å²) in [4.78, 5) is 0. The quantitative estimate of drug-likeness (QED) is 0.544. The lowest BCUT2D eigenvalue weighted by molar-refractivity contribution is 0.382. The highest BCUT2D eigenvalue weighted by atomic mass is 32.2. The Morgan fingerprint density at radius 3 is 2.50 bits per heavy atom. The Bertz CT molecular complexity index is 96.6. The third kappa shape index (κ3) is 6.04. The highest BCUT2D eigenvalue weighted by Gasteiger charge is 1.89. The second-order valence-corrected chi connectivity index (χ2v) is 3.28. The molecule has 0 fully saturated rings. The van der Waals surface area contributed by atoms with Crippen LogP contribution in [0.3, 0.4) is 0 Å². The Hall–Kier alpha value is 0.0400. The minimum Gasteiger partial charge on any atom is -0.474 e. The number of thiocarbonyl (C=S) groups is 1. The van der Waals surface area contributed by atoms with E-state index in [1.54, 1.807) is 13.2 Å². The van der Waals surface area contributed by atoms with E-state index in [2.05, 4.69) is 12.2 Å². The van der Waals surface area contributed by atoms with Crippen LogP contribution in [-0.2, 0) is 15.5 Å². The molecule has 1 unspecified atom stereocenters. The zero-order valence-electron chi connectivity index (χ0n) is 4.84. The molecule has 0 aliphatic rings. The van der Waals surface area contributed by atoms with Gasteiger partial charge in [0.05, 0.1) is 10.8 Å². The molecule has 0 N–H and O–H groups in total. The van der Waals surface area contributed by atoms with Gasteiger partial charge in [0, 0.05) is 13.2 Å². The highest BCUT2D eigenvalue weighted by Crippen LogP contribution is 1.81. The predicted molar refractivity (Wildman–Crippen MR) is 38.3 cm³/mol. The van der Waals surface area contributed by atoms with Crippen molar-refractivity contribution >= 4 is 28.1 Å². The minimum atomic E-state index is -0.896. The molecule has 2 nitrogen and oxygen atoms in total. The predicted octanol–water partition coefficient (Wildman–Crippen LogP) is 0.686. The lowest BCUT2D eigenvalue weighted by Crippen LogP contribution is -2.02. The third-order valence-electron chi connectivity index (χ3n) is 0.428. The molecule has 0 aliphatic carbocycles. The van der Waals surface area contributed by atoms with Crippen LogP contribution in [0.2, 0.25) is 0 Å². The van der Waals surface area contributed by atoms with Crippen molar-refractivity contribution in [3.05, 3.63) is 0 Å². The Labute approximate surface area is 56.7 Å². The van der Waals surface area contributed by atoms with Crippen LogP contribution < -0.4 is 0 Å². The van der Waals surface area contributed by atoms with Gasteiger partial charge in [0.1, 0.15) is 0 Å². The van der Waals surface area contributed by atoms with Crippen LogP contribution in [0.4, 0.5) is 0 Å². The van der Waals surface area contributed by atoms with Gasteiger partial charge in [-0.1, -0.05) is 0 Å². The summed E-state index contributed by atoms with van der Waals surface area (Å²) >= 11 is 4.56. The van der Waals surface area contributed by atoms with Crippen LogP contribution in [0, 0.1) is 0 Å². The number of hydrogen-bond acceptors (Lipinski definition) is 3. The third-order valence-corrected chi connectivity index (χ3v) is 0.996. The van der Waals surface area contributed by atoms with Gasteiger partial charge in [-0.15, -0.1) is 0 Å². The summed E-state index contributed by atoms with van der Waals surface area (Å²) in [6.07, 6.45) is 1.57. The summed E-state index contributed by atoms with van der Waals surface area (Å²) in [6.45, 7) is 1.65. The molecule has 8 heavy (non-hydrogen) atoms. The van der Waals surface area contributed by atoms with Crippen molar-refractivity contribution in [2.24, 2.45) is 0 Å². The first-order valence-corrected chi connectivity index (χ1v) is 4.20. The molecular formula is C4H8O2S2. The van der Waals surface area contributed by atoms with Gasteiger partial charge >= 0.3 is 0 Å². The number of hydrogen-bond donors (Lipinski definition) is 0. The van der Waals surface area contributed by atoms with Gasteiger partial charge in [-0.2, -0.15) is 0 Å². The van der Waals surface area contributed by atoms with E-state index in [0.29, 0.717) is 5.05 Å². The van der Waals surface area contributed by atoms with E-state index in [-0.39, 0.29) is 5.94 Å². The topological polar surface area (TPSA) is 26.3 Å². The first-order chi connectivity index (χ1) is 3.63. The normalized spacial score (nSPS) is 12.8. The average Bonchev–Trinajstić information content (AvgIpc) is 1.61. The second-order valence-electron chi connectivity index (χ2n) is 1.33. The smallest absolute Gasteiger partial charge is 0.163 e. The molecule has 48 valence electrons. The molecule has 0 radical (unpaired) electrons. The largest absolute Gasteiger partial charge is 0.474 e. The van der Waals surface area contributed by atoms with Crippen molar-refractivity contribution in [1.29, 1.82) is 0 Å². The molecule has 0 aromatic rings. The van der Waals surface area contributed by atoms with Crippen molar-refractivity contribution in [2.75, 3.05) is 12.2 Å². The van der Waals surface area contributed by atoms with Crippen molar-refractivity contribution in [3.63, 3.8) is 0 Å². The molecule has 0 saturated heterocycles. The van der Waals surface area contributed by atoms with Gasteiger partial charge in [0.25, 0.3) is 0 Å². The van der Waals surface area contributed by atoms with Crippen LogP contribution >= 0.6 is 12.2 Å².